The summed E-state index contributed by atoms with van der Waals surface area (Å²) in [5, 5.41) is 0.479. The Hall–Kier alpha value is -0.910. The van der Waals surface area contributed by atoms with Crippen LogP contribution in [0.4, 0.5) is 5.82 Å². The van der Waals surface area contributed by atoms with Gasteiger partial charge in [0.2, 0.25) is 0 Å². The zero-order chi connectivity index (χ0) is 13.5. The highest BCUT2D eigenvalue weighted by Crippen LogP contribution is 2.23. The smallest absolute Gasteiger partial charge is 0.137 e. The highest BCUT2D eigenvalue weighted by molar-refractivity contribution is 6.30. The van der Waals surface area contributed by atoms with Crippen molar-refractivity contribution in [3.05, 3.63) is 17.0 Å². The van der Waals surface area contributed by atoms with Crippen molar-refractivity contribution in [3.63, 3.8) is 0 Å². The summed E-state index contributed by atoms with van der Waals surface area (Å²) in [6.07, 6.45) is 1.48. The Balaban J connectivity index is 2.97. The molecule has 0 amide bonds. The molecule has 0 N–H and O–H groups in total. The Morgan fingerprint density at radius 3 is 2.67 bits per heavy atom. The van der Waals surface area contributed by atoms with Gasteiger partial charge in [0.25, 0.3) is 0 Å². The van der Waals surface area contributed by atoms with E-state index >= 15 is 0 Å². The summed E-state index contributed by atoms with van der Waals surface area (Å²) in [6.45, 7) is 5.96. The molecule has 1 atom stereocenters. The predicted octanol–water partition coefficient (Wildman–Crippen LogP) is 1.93. The van der Waals surface area contributed by atoms with Gasteiger partial charge in [-0.1, -0.05) is 11.6 Å². The number of aromatic nitrogens is 2. The molecule has 0 aliphatic rings. The van der Waals surface area contributed by atoms with E-state index in [0.717, 1.165) is 17.9 Å². The lowest BCUT2D eigenvalue weighted by Crippen LogP contribution is -2.39. The Morgan fingerprint density at radius 1 is 1.33 bits per heavy atom. The van der Waals surface area contributed by atoms with Gasteiger partial charge in [-0.3, -0.25) is 0 Å². The third kappa shape index (κ3) is 3.80. The van der Waals surface area contributed by atoms with E-state index < -0.39 is 0 Å². The maximum Gasteiger partial charge on any atom is 0.137 e. The number of methoxy groups -OCH3 is 2. The zero-order valence-corrected chi connectivity index (χ0v) is 12.1. The molecule has 0 aliphatic heterocycles. The van der Waals surface area contributed by atoms with Crippen LogP contribution in [-0.2, 0) is 9.47 Å². The Bertz CT molecular complexity index is 376. The van der Waals surface area contributed by atoms with Crippen LogP contribution < -0.4 is 4.90 Å². The number of anilines is 1. The fraction of sp³-hybridized carbons (Fsp3) is 0.667. The van der Waals surface area contributed by atoms with E-state index in [1.165, 1.54) is 6.33 Å². The number of nitrogens with zero attached hydrogens (tertiary/aromatic N) is 3. The van der Waals surface area contributed by atoms with E-state index in [-0.39, 0.29) is 6.04 Å². The van der Waals surface area contributed by atoms with Crippen LogP contribution in [0.15, 0.2) is 6.33 Å². The summed E-state index contributed by atoms with van der Waals surface area (Å²) in [5.41, 5.74) is 0.873. The largest absolute Gasteiger partial charge is 0.383 e. The Morgan fingerprint density at radius 2 is 2.06 bits per heavy atom. The van der Waals surface area contributed by atoms with Gasteiger partial charge in [-0.25, -0.2) is 9.97 Å². The molecule has 0 fully saturated rings. The third-order valence-electron chi connectivity index (χ3n) is 2.74. The van der Waals surface area contributed by atoms with Gasteiger partial charge in [-0.15, -0.1) is 0 Å². The lowest BCUT2D eigenvalue weighted by molar-refractivity contribution is 0.170. The monoisotopic (exact) mass is 273 g/mol. The average Bonchev–Trinajstić information content (AvgIpc) is 2.35. The van der Waals surface area contributed by atoms with Crippen LogP contribution in [0.3, 0.4) is 0 Å². The standard InChI is InChI=1S/C12H20ClN3O2/c1-9(7-18-4)16(5-6-17-3)12-10(2)11(13)14-8-15-12/h8-9H,5-7H2,1-4H3. The lowest BCUT2D eigenvalue weighted by Gasteiger charge is -2.30. The normalized spacial score (nSPS) is 12.5. The van der Waals surface area contributed by atoms with Gasteiger partial charge in [-0.05, 0) is 13.8 Å². The first-order valence-corrected chi connectivity index (χ1v) is 6.21. The summed E-state index contributed by atoms with van der Waals surface area (Å²) in [6, 6.07) is 0.190. The molecule has 1 heterocycles. The van der Waals surface area contributed by atoms with E-state index in [9.17, 15) is 0 Å². The summed E-state index contributed by atoms with van der Waals surface area (Å²) in [5.74, 6) is 0.830. The van der Waals surface area contributed by atoms with Gasteiger partial charge in [-0.2, -0.15) is 0 Å². The average molecular weight is 274 g/mol. The van der Waals surface area contributed by atoms with Gasteiger partial charge in [0.15, 0.2) is 0 Å². The van der Waals surface area contributed by atoms with Gasteiger partial charge in [0.1, 0.15) is 17.3 Å². The number of hydrogen-bond acceptors (Lipinski definition) is 5. The van der Waals surface area contributed by atoms with Crippen LogP contribution in [-0.4, -0.2) is 50.0 Å². The van der Waals surface area contributed by atoms with Crippen molar-refractivity contribution in [2.75, 3.05) is 38.9 Å². The molecule has 0 saturated carbocycles. The first-order chi connectivity index (χ1) is 8.61. The lowest BCUT2D eigenvalue weighted by atomic mass is 10.2. The maximum absolute atomic E-state index is 6.03. The summed E-state index contributed by atoms with van der Waals surface area (Å²) in [4.78, 5) is 10.4. The molecular formula is C12H20ClN3O2. The van der Waals surface area contributed by atoms with E-state index in [4.69, 9.17) is 21.1 Å². The van der Waals surface area contributed by atoms with Gasteiger partial charge in [0, 0.05) is 26.3 Å². The molecule has 0 bridgehead atoms. The second-order valence-corrected chi connectivity index (χ2v) is 4.46. The van der Waals surface area contributed by atoms with Crippen LogP contribution >= 0.6 is 11.6 Å². The van der Waals surface area contributed by atoms with Crippen LogP contribution in [0, 0.1) is 6.92 Å². The molecule has 0 aromatic carbocycles. The fourth-order valence-corrected chi connectivity index (χ4v) is 1.89. The summed E-state index contributed by atoms with van der Waals surface area (Å²) in [7, 11) is 3.36. The van der Waals surface area contributed by atoms with E-state index in [1.54, 1.807) is 14.2 Å². The molecule has 1 aromatic heterocycles. The van der Waals surface area contributed by atoms with Crippen molar-refractivity contribution in [1.29, 1.82) is 0 Å². The Labute approximate surface area is 113 Å². The molecule has 1 rings (SSSR count). The van der Waals surface area contributed by atoms with E-state index in [1.807, 2.05) is 6.92 Å². The molecule has 1 aromatic rings. The highest BCUT2D eigenvalue weighted by Gasteiger charge is 2.18. The first-order valence-electron chi connectivity index (χ1n) is 5.83. The zero-order valence-electron chi connectivity index (χ0n) is 11.3. The molecule has 5 nitrogen and oxygen atoms in total. The van der Waals surface area contributed by atoms with Crippen LogP contribution in [0.2, 0.25) is 5.15 Å². The maximum atomic E-state index is 6.03. The SMILES string of the molecule is COCCN(c1ncnc(Cl)c1C)C(C)COC. The minimum Gasteiger partial charge on any atom is -0.383 e. The minimum absolute atomic E-state index is 0.190. The van der Waals surface area contributed by atoms with Crippen molar-refractivity contribution in [3.8, 4) is 0 Å². The number of halogens is 1. The number of hydrogen-bond donors (Lipinski definition) is 0. The quantitative estimate of drug-likeness (QED) is 0.711. The van der Waals surface area contributed by atoms with Crippen molar-refractivity contribution in [2.45, 2.75) is 19.9 Å². The third-order valence-corrected chi connectivity index (χ3v) is 3.13. The highest BCUT2D eigenvalue weighted by atomic mass is 35.5. The molecule has 0 spiro atoms. The van der Waals surface area contributed by atoms with Gasteiger partial charge < -0.3 is 14.4 Å². The second kappa shape index (κ2) is 7.51. The van der Waals surface area contributed by atoms with Crippen molar-refractivity contribution < 1.29 is 9.47 Å². The molecule has 0 saturated heterocycles. The van der Waals surface area contributed by atoms with Crippen molar-refractivity contribution in [2.24, 2.45) is 0 Å². The van der Waals surface area contributed by atoms with Crippen molar-refractivity contribution >= 4 is 17.4 Å². The molecule has 1 unspecified atom stereocenters. The molecule has 6 heteroatoms. The molecule has 0 radical (unpaired) electrons. The molecule has 18 heavy (non-hydrogen) atoms. The van der Waals surface area contributed by atoms with Crippen LogP contribution in [0.25, 0.3) is 0 Å². The molecule has 102 valence electrons. The topological polar surface area (TPSA) is 47.5 Å². The number of ether oxygens (including phenoxy) is 2. The Kier molecular flexibility index (Phi) is 6.32. The summed E-state index contributed by atoms with van der Waals surface area (Å²) < 4.78 is 10.3. The van der Waals surface area contributed by atoms with E-state index in [2.05, 4.69) is 21.8 Å². The predicted molar refractivity (Wildman–Crippen MR) is 72.3 cm³/mol. The second-order valence-electron chi connectivity index (χ2n) is 4.10. The fourth-order valence-electron chi connectivity index (χ4n) is 1.77. The molecule has 0 aliphatic carbocycles. The number of rotatable bonds is 7. The van der Waals surface area contributed by atoms with Crippen molar-refractivity contribution in [1.82, 2.24) is 9.97 Å². The van der Waals surface area contributed by atoms with Crippen LogP contribution in [0.5, 0.6) is 0 Å². The summed E-state index contributed by atoms with van der Waals surface area (Å²) >= 11 is 6.03. The van der Waals surface area contributed by atoms with E-state index in [0.29, 0.717) is 18.4 Å². The minimum atomic E-state index is 0.190. The first kappa shape index (κ1) is 15.1. The van der Waals surface area contributed by atoms with Gasteiger partial charge >= 0.3 is 0 Å². The van der Waals surface area contributed by atoms with Gasteiger partial charge in [0.05, 0.1) is 19.3 Å². The van der Waals surface area contributed by atoms with Crippen LogP contribution in [0.1, 0.15) is 12.5 Å². The molecular weight excluding hydrogens is 254 g/mol.